The largest absolute Gasteiger partial charge is 0.473 e. The first-order valence-electron chi connectivity index (χ1n) is 15.1. The first-order valence-corrected chi connectivity index (χ1v) is 15.1. The molecule has 0 aromatic heterocycles. The van der Waals surface area contributed by atoms with Gasteiger partial charge < -0.3 is 14.4 Å². The second-order valence-electron chi connectivity index (χ2n) is 12.0. The molecule has 4 aromatic carbocycles. The van der Waals surface area contributed by atoms with Gasteiger partial charge in [-0.1, -0.05) is 36.9 Å². The van der Waals surface area contributed by atoms with Crippen LogP contribution < -0.4 is 10.2 Å². The lowest BCUT2D eigenvalue weighted by molar-refractivity contribution is -0.384. The monoisotopic (exact) mass is 585 g/mol. The Morgan fingerprint density at radius 3 is 2.57 bits per heavy atom. The minimum absolute atomic E-state index is 0.00294. The van der Waals surface area contributed by atoms with E-state index >= 15 is 0 Å². The van der Waals surface area contributed by atoms with Crippen LogP contribution in [0.1, 0.15) is 62.9 Å². The lowest BCUT2D eigenvalue weighted by Crippen LogP contribution is -2.39. The van der Waals surface area contributed by atoms with Gasteiger partial charge in [-0.05, 0) is 90.3 Å². The van der Waals surface area contributed by atoms with Crippen LogP contribution in [-0.4, -0.2) is 24.1 Å². The Kier molecular flexibility index (Phi) is 6.01. The highest BCUT2D eigenvalue weighted by Crippen LogP contribution is 2.57. The van der Waals surface area contributed by atoms with E-state index < -0.39 is 16.6 Å². The van der Waals surface area contributed by atoms with Gasteiger partial charge in [-0.15, -0.1) is 0 Å². The van der Waals surface area contributed by atoms with Crippen LogP contribution in [0, 0.1) is 10.1 Å². The number of non-ortho nitro benzene ring substituents is 1. The Morgan fingerprint density at radius 2 is 1.75 bits per heavy atom. The number of nitro groups is 1. The summed E-state index contributed by atoms with van der Waals surface area (Å²) in [5.41, 5.74) is 11.6. The highest BCUT2D eigenvalue weighted by atomic mass is 16.6. The van der Waals surface area contributed by atoms with E-state index in [4.69, 9.17) is 9.47 Å². The van der Waals surface area contributed by atoms with Gasteiger partial charge in [-0.25, -0.2) is 4.79 Å². The number of ether oxygens (including phenoxy) is 2. The van der Waals surface area contributed by atoms with Gasteiger partial charge in [0.2, 0.25) is 0 Å². The van der Waals surface area contributed by atoms with E-state index in [0.29, 0.717) is 17.0 Å². The fraction of sp³-hybridized carbons (Fsp3) is 0.250. The van der Waals surface area contributed by atoms with Crippen LogP contribution >= 0.6 is 0 Å². The maximum Gasteiger partial charge on any atom is 0.411 e. The summed E-state index contributed by atoms with van der Waals surface area (Å²) in [6.07, 6.45) is 4.56. The quantitative estimate of drug-likeness (QED) is 0.200. The molecule has 1 N–H and O–H groups in total. The molecule has 220 valence electrons. The molecule has 0 radical (unpaired) electrons. The summed E-state index contributed by atoms with van der Waals surface area (Å²) in [6.45, 7) is 6.53. The molecule has 1 unspecified atom stereocenters. The maximum atomic E-state index is 12.8. The van der Waals surface area contributed by atoms with E-state index in [1.165, 1.54) is 40.1 Å². The second-order valence-corrected chi connectivity index (χ2v) is 12.0. The number of fused-ring (bicyclic) bond motifs is 7. The van der Waals surface area contributed by atoms with E-state index in [-0.39, 0.29) is 12.3 Å². The average molecular weight is 586 g/mol. The lowest BCUT2D eigenvalue weighted by atomic mass is 9.68. The fourth-order valence-corrected chi connectivity index (χ4v) is 7.68. The minimum atomic E-state index is -0.809. The Labute approximate surface area is 255 Å². The zero-order valence-electron chi connectivity index (χ0n) is 24.2. The zero-order valence-corrected chi connectivity index (χ0v) is 24.2. The summed E-state index contributed by atoms with van der Waals surface area (Å²) in [6, 6.07) is 22.7. The van der Waals surface area contributed by atoms with Crippen molar-refractivity contribution in [1.29, 1.82) is 0 Å². The number of benzene rings is 4. The fourth-order valence-electron chi connectivity index (χ4n) is 7.68. The molecule has 1 aliphatic carbocycles. The molecular weight excluding hydrogens is 554 g/mol. The molecule has 4 aliphatic rings. The van der Waals surface area contributed by atoms with E-state index in [2.05, 4.69) is 47.1 Å². The minimum Gasteiger partial charge on any atom is -0.473 e. The van der Waals surface area contributed by atoms with Gasteiger partial charge in [0.15, 0.2) is 5.60 Å². The van der Waals surface area contributed by atoms with Gasteiger partial charge in [0.05, 0.1) is 4.92 Å². The normalized spacial score (nSPS) is 18.9. The van der Waals surface area contributed by atoms with Gasteiger partial charge in [-0.3, -0.25) is 15.4 Å². The number of anilines is 2. The highest BCUT2D eigenvalue weighted by molar-refractivity contribution is 5.85. The van der Waals surface area contributed by atoms with Crippen LogP contribution in [0.4, 0.5) is 21.9 Å². The molecule has 44 heavy (non-hydrogen) atoms. The number of hydrogen-bond donors (Lipinski definition) is 1. The Bertz CT molecular complexity index is 1880. The van der Waals surface area contributed by atoms with Crippen molar-refractivity contribution < 1.29 is 19.2 Å². The summed E-state index contributed by atoms with van der Waals surface area (Å²) < 4.78 is 12.4. The van der Waals surface area contributed by atoms with Crippen LogP contribution in [0.2, 0.25) is 0 Å². The zero-order chi connectivity index (χ0) is 30.0. The van der Waals surface area contributed by atoms with Crippen molar-refractivity contribution in [3.8, 4) is 0 Å². The third-order valence-corrected chi connectivity index (χ3v) is 9.52. The molecule has 8 heteroatoms. The van der Waals surface area contributed by atoms with Crippen LogP contribution in [0.15, 0.2) is 79.4 Å². The first kappa shape index (κ1) is 26.5. The molecule has 3 aliphatic heterocycles. The molecule has 8 rings (SSSR count). The van der Waals surface area contributed by atoms with Crippen molar-refractivity contribution in [2.24, 2.45) is 0 Å². The number of carbonyl (C=O) groups is 1. The standard InChI is InChI=1S/C36H31N3O5/c1-22-28-7-2-3-9-32(28)36(44-22)31-15-12-26(37-35(40)43-21-23-10-13-27(14-11-23)39(41)42)18-25(31)19-30-29-8-5-17-38-16-4-6-24(34(29)38)20-33(30)36/h2-3,7,9-15,18,20H,1,4-6,8,16-17,19,21H2,(H,37,40). The van der Waals surface area contributed by atoms with Gasteiger partial charge in [0.1, 0.15) is 12.4 Å². The number of nitrogens with one attached hydrogen (secondary N) is 1. The average Bonchev–Trinajstić information content (AvgIpc) is 3.33. The Morgan fingerprint density at radius 1 is 0.955 bits per heavy atom. The lowest BCUT2D eigenvalue weighted by Gasteiger charge is -2.44. The molecule has 0 bridgehead atoms. The van der Waals surface area contributed by atoms with Crippen molar-refractivity contribution in [2.45, 2.75) is 44.3 Å². The molecule has 0 saturated heterocycles. The van der Waals surface area contributed by atoms with Gasteiger partial charge in [0.25, 0.3) is 5.69 Å². The van der Waals surface area contributed by atoms with Gasteiger partial charge in [-0.2, -0.15) is 0 Å². The third-order valence-electron chi connectivity index (χ3n) is 9.52. The van der Waals surface area contributed by atoms with Crippen LogP contribution in [0.25, 0.3) is 5.76 Å². The van der Waals surface area contributed by atoms with Crippen molar-refractivity contribution in [3.05, 3.63) is 140 Å². The maximum absolute atomic E-state index is 12.8. The molecule has 0 saturated carbocycles. The van der Waals surface area contributed by atoms with Crippen molar-refractivity contribution in [3.63, 3.8) is 0 Å². The summed E-state index contributed by atoms with van der Waals surface area (Å²) >= 11 is 0. The highest BCUT2D eigenvalue weighted by Gasteiger charge is 2.51. The first-order chi connectivity index (χ1) is 21.4. The molecule has 1 amide bonds. The summed E-state index contributed by atoms with van der Waals surface area (Å²) in [7, 11) is 0. The third kappa shape index (κ3) is 4.01. The van der Waals surface area contributed by atoms with Crippen LogP contribution in [0.5, 0.6) is 0 Å². The predicted octanol–water partition coefficient (Wildman–Crippen LogP) is 7.24. The number of carbonyl (C=O) groups excluding carboxylic acids is 1. The second kappa shape index (κ2) is 9.98. The van der Waals surface area contributed by atoms with E-state index in [0.717, 1.165) is 67.4 Å². The van der Waals surface area contributed by atoms with Crippen LogP contribution in [-0.2, 0) is 40.9 Å². The van der Waals surface area contributed by atoms with Gasteiger partial charge >= 0.3 is 6.09 Å². The molecule has 1 atom stereocenters. The number of nitrogens with zero attached hydrogens (tertiary/aromatic N) is 2. The van der Waals surface area contributed by atoms with Gasteiger partial charge in [0, 0.05) is 58.9 Å². The van der Waals surface area contributed by atoms with E-state index in [1.54, 1.807) is 12.1 Å². The molecule has 0 fully saturated rings. The summed E-state index contributed by atoms with van der Waals surface area (Å²) in [5, 5.41) is 13.8. The van der Waals surface area contributed by atoms with Crippen molar-refractivity contribution in [2.75, 3.05) is 23.3 Å². The molecule has 3 heterocycles. The molecular formula is C36H31N3O5. The number of amides is 1. The summed E-state index contributed by atoms with van der Waals surface area (Å²) in [4.78, 5) is 25.8. The number of aryl methyl sites for hydroxylation is 1. The van der Waals surface area contributed by atoms with Crippen molar-refractivity contribution in [1.82, 2.24) is 0 Å². The van der Waals surface area contributed by atoms with Crippen LogP contribution in [0.3, 0.4) is 0 Å². The Balaban J connectivity index is 1.17. The number of rotatable bonds is 4. The topological polar surface area (TPSA) is 93.9 Å². The number of hydrogen-bond acceptors (Lipinski definition) is 6. The number of nitro benzene ring substituents is 1. The van der Waals surface area contributed by atoms with E-state index in [1.807, 2.05) is 18.2 Å². The predicted molar refractivity (Wildman–Crippen MR) is 168 cm³/mol. The Hall–Kier alpha value is -5.11. The molecule has 4 aromatic rings. The SMILES string of the molecule is C=C1OC2(c3ccc(NC(=O)OCc4ccc([N+](=O)[O-])cc4)cc3Cc3c2cc2c4c3CCCN4CCC2)c2ccccc21. The van der Waals surface area contributed by atoms with Crippen molar-refractivity contribution >= 4 is 28.9 Å². The smallest absolute Gasteiger partial charge is 0.411 e. The summed E-state index contributed by atoms with van der Waals surface area (Å²) in [5.74, 6) is 0.671. The molecule has 1 spiro atoms. The molecule has 8 nitrogen and oxygen atoms in total. The van der Waals surface area contributed by atoms with E-state index in [9.17, 15) is 14.9 Å².